The molecule has 0 amide bonds. The van der Waals surface area contributed by atoms with E-state index >= 15 is 0 Å². The number of nitrogens with one attached hydrogen (secondary N) is 1. The summed E-state index contributed by atoms with van der Waals surface area (Å²) in [4.78, 5) is 25.0. The van der Waals surface area contributed by atoms with Crippen LogP contribution in [0.3, 0.4) is 0 Å². The van der Waals surface area contributed by atoms with E-state index in [0.29, 0.717) is 29.3 Å². The second kappa shape index (κ2) is 14.3. The number of para-hydroxylation sites is 1. The van der Waals surface area contributed by atoms with Crippen molar-refractivity contribution in [1.29, 1.82) is 0 Å². The summed E-state index contributed by atoms with van der Waals surface area (Å²) in [7, 11) is 0. The molecule has 2 aromatic heterocycles. The first-order chi connectivity index (χ1) is 20.5. The van der Waals surface area contributed by atoms with Crippen molar-refractivity contribution in [2.24, 2.45) is 5.92 Å². The topological polar surface area (TPSA) is 147 Å². The normalized spacial score (nSPS) is 18.1. The zero-order valence-electron chi connectivity index (χ0n) is 23.6. The van der Waals surface area contributed by atoms with E-state index in [1.165, 1.54) is 23.6 Å². The molecule has 4 heterocycles. The number of rotatable bonds is 5. The number of piperidine rings is 1. The molecule has 2 fully saturated rings. The van der Waals surface area contributed by atoms with E-state index in [2.05, 4.69) is 25.5 Å². The Morgan fingerprint density at radius 2 is 1.64 bits per heavy atom. The summed E-state index contributed by atoms with van der Waals surface area (Å²) in [5.41, 5.74) is 1.25. The fourth-order valence-corrected chi connectivity index (χ4v) is 4.91. The minimum Gasteiger partial charge on any atom is -0.475 e. The van der Waals surface area contributed by atoms with Gasteiger partial charge in [-0.05, 0) is 62.0 Å². The molecule has 3 N–H and O–H groups in total. The highest BCUT2D eigenvalue weighted by molar-refractivity contribution is 5.84. The molecule has 1 aromatic carbocycles. The summed E-state index contributed by atoms with van der Waals surface area (Å²) in [5.74, 6) is -4.24. The van der Waals surface area contributed by atoms with Crippen molar-refractivity contribution in [3.8, 4) is 5.95 Å². The lowest BCUT2D eigenvalue weighted by Crippen LogP contribution is -2.42. The molecule has 2 aliphatic rings. The van der Waals surface area contributed by atoms with Crippen LogP contribution < -0.4 is 5.32 Å². The maximum atomic E-state index is 14.6. The van der Waals surface area contributed by atoms with E-state index in [-0.39, 0.29) is 11.7 Å². The number of nitrogens with zero attached hydrogens (tertiary/aromatic N) is 5. The molecule has 44 heavy (non-hydrogen) atoms. The maximum absolute atomic E-state index is 14.6. The van der Waals surface area contributed by atoms with Crippen LogP contribution in [0.15, 0.2) is 22.7 Å². The van der Waals surface area contributed by atoms with E-state index in [1.807, 2.05) is 19.9 Å². The summed E-state index contributed by atoms with van der Waals surface area (Å²) in [6, 6.07) is 5.75. The second-order valence-electron chi connectivity index (χ2n) is 10.5. The third-order valence-corrected chi connectivity index (χ3v) is 6.97. The molecule has 5 rings (SSSR count). The monoisotopic (exact) mass is 640 g/mol. The third kappa shape index (κ3) is 9.10. The van der Waals surface area contributed by atoms with Gasteiger partial charge in [0, 0.05) is 24.4 Å². The molecule has 0 spiro atoms. The first kappa shape index (κ1) is 34.7. The lowest BCUT2D eigenvalue weighted by atomic mass is 10.0. The maximum Gasteiger partial charge on any atom is 0.490 e. The van der Waals surface area contributed by atoms with Crippen molar-refractivity contribution < 1.29 is 55.1 Å². The Hall–Kier alpha value is -3.80. The van der Waals surface area contributed by atoms with Crippen LogP contribution in [0.2, 0.25) is 0 Å². The minimum atomic E-state index is -5.08. The predicted octanol–water partition coefficient (Wildman–Crippen LogP) is 4.55. The van der Waals surface area contributed by atoms with Gasteiger partial charge in [0.2, 0.25) is 5.89 Å². The van der Waals surface area contributed by atoms with Gasteiger partial charge in [0.05, 0.1) is 5.69 Å². The quantitative estimate of drug-likeness (QED) is 0.340. The van der Waals surface area contributed by atoms with E-state index in [1.54, 1.807) is 6.07 Å². The Balaban J connectivity index is 0.000000317. The highest BCUT2D eigenvalue weighted by atomic mass is 19.4. The lowest BCUT2D eigenvalue weighted by Gasteiger charge is -2.31. The number of benzene rings is 1. The number of likely N-dealkylation sites (tertiary alicyclic amines) is 1. The van der Waals surface area contributed by atoms with Gasteiger partial charge in [-0.25, -0.2) is 14.0 Å². The summed E-state index contributed by atoms with van der Waals surface area (Å²) < 4.78 is 85.1. The Bertz CT molecular complexity index is 1390. The molecular formula is C26H31F7N6O5. The fraction of sp³-hybridized carbons (Fsp3) is 0.577. The molecule has 3 aromatic rings. The predicted molar refractivity (Wildman–Crippen MR) is 140 cm³/mol. The number of hydrogen-bond donors (Lipinski definition) is 3. The summed E-state index contributed by atoms with van der Waals surface area (Å²) in [6.07, 6.45) is -5.80. The molecule has 0 saturated carbocycles. The van der Waals surface area contributed by atoms with Gasteiger partial charge in [0.25, 0.3) is 5.95 Å². The zero-order chi connectivity index (χ0) is 32.8. The Morgan fingerprint density at radius 3 is 2.18 bits per heavy atom. The van der Waals surface area contributed by atoms with Gasteiger partial charge >= 0.3 is 24.3 Å². The zero-order valence-corrected chi connectivity index (χ0v) is 23.6. The molecular weight excluding hydrogens is 609 g/mol. The number of carboxylic acid groups (broad SMARTS) is 2. The number of aromatic nitrogens is 4. The molecule has 18 heteroatoms. The van der Waals surface area contributed by atoms with Crippen LogP contribution in [-0.2, 0) is 16.0 Å². The highest BCUT2D eigenvalue weighted by Crippen LogP contribution is 2.29. The average molecular weight is 641 g/mol. The lowest BCUT2D eigenvalue weighted by molar-refractivity contribution is -0.193. The average Bonchev–Trinajstić information content (AvgIpc) is 3.68. The number of fused-ring (bicyclic) bond motifs is 1. The Kier molecular flexibility index (Phi) is 11.3. The Morgan fingerprint density at radius 1 is 1.05 bits per heavy atom. The molecule has 244 valence electrons. The third-order valence-electron chi connectivity index (χ3n) is 6.97. The van der Waals surface area contributed by atoms with Gasteiger partial charge in [-0.15, -0.1) is 0 Å². The molecule has 0 radical (unpaired) electrons. The summed E-state index contributed by atoms with van der Waals surface area (Å²) in [6.45, 7) is 8.55. The molecule has 2 saturated heterocycles. The van der Waals surface area contributed by atoms with Gasteiger partial charge in [-0.3, -0.25) is 4.90 Å². The first-order valence-corrected chi connectivity index (χ1v) is 13.5. The standard InChI is InChI=1S/C22H29FN6O.2C2HF3O2/c1-14(2)20-17-4-3-5-18(23)21(17)29(26-20)22-25-19(30-27-22)12-15-8-11-28(13-15)16-6-9-24-10-7-16;2*3-2(4,5)1(6)7/h3-5,14-16,24H,6-13H2,1-2H3;2*(H,6,7)/t15-;;/m1../s1. The van der Waals surface area contributed by atoms with Crippen molar-refractivity contribution >= 4 is 22.8 Å². The molecule has 2 aliphatic heterocycles. The first-order valence-electron chi connectivity index (χ1n) is 13.5. The van der Waals surface area contributed by atoms with Crippen molar-refractivity contribution in [3.63, 3.8) is 0 Å². The van der Waals surface area contributed by atoms with Crippen LogP contribution in [0.25, 0.3) is 16.9 Å². The van der Waals surface area contributed by atoms with Gasteiger partial charge in [0.1, 0.15) is 11.3 Å². The molecule has 0 bridgehead atoms. The molecule has 11 nitrogen and oxygen atoms in total. The smallest absolute Gasteiger partial charge is 0.475 e. The Labute approximate surface area is 246 Å². The number of carbonyl (C=O) groups is 2. The van der Waals surface area contributed by atoms with Crippen molar-refractivity contribution in [2.75, 3.05) is 26.2 Å². The van der Waals surface area contributed by atoms with Crippen LogP contribution in [0.5, 0.6) is 0 Å². The molecule has 0 aliphatic carbocycles. The fourth-order valence-electron chi connectivity index (χ4n) is 4.91. The van der Waals surface area contributed by atoms with E-state index < -0.39 is 24.3 Å². The number of hydrogen-bond acceptors (Lipinski definition) is 8. The number of carboxylic acids is 2. The van der Waals surface area contributed by atoms with E-state index in [9.17, 15) is 30.7 Å². The second-order valence-corrected chi connectivity index (χ2v) is 10.5. The van der Waals surface area contributed by atoms with Gasteiger partial charge in [0.15, 0.2) is 0 Å². The highest BCUT2D eigenvalue weighted by Gasteiger charge is 2.39. The minimum absolute atomic E-state index is 0.168. The van der Waals surface area contributed by atoms with Gasteiger partial charge < -0.3 is 20.1 Å². The van der Waals surface area contributed by atoms with Crippen molar-refractivity contribution in [3.05, 3.63) is 35.6 Å². The SMILES string of the molecule is CC(C)c1nn(-c2noc(C[C@H]3CCN(C4CCNCC4)C3)n2)c2c(F)cccc12.O=C(O)C(F)(F)F.O=C(O)C(F)(F)F. The molecule has 0 unspecified atom stereocenters. The van der Waals surface area contributed by atoms with Crippen LogP contribution in [-0.4, -0.2) is 91.5 Å². The number of alkyl halides is 6. The van der Waals surface area contributed by atoms with Crippen molar-refractivity contribution in [1.82, 2.24) is 30.1 Å². The van der Waals surface area contributed by atoms with Crippen LogP contribution in [0.4, 0.5) is 30.7 Å². The van der Waals surface area contributed by atoms with Crippen LogP contribution >= 0.6 is 0 Å². The van der Waals surface area contributed by atoms with Gasteiger partial charge in [-0.1, -0.05) is 26.0 Å². The summed E-state index contributed by atoms with van der Waals surface area (Å²) >= 11 is 0. The van der Waals surface area contributed by atoms with Crippen molar-refractivity contribution in [2.45, 2.75) is 63.8 Å². The van der Waals surface area contributed by atoms with E-state index in [4.69, 9.17) is 24.3 Å². The largest absolute Gasteiger partial charge is 0.490 e. The number of aliphatic carboxylic acids is 2. The molecule has 1 atom stereocenters. The van der Waals surface area contributed by atoms with E-state index in [0.717, 1.165) is 50.1 Å². The van der Waals surface area contributed by atoms with Gasteiger partial charge in [-0.2, -0.15) is 41.1 Å². The number of halogens is 7. The van der Waals surface area contributed by atoms with Crippen LogP contribution in [0, 0.1) is 11.7 Å². The van der Waals surface area contributed by atoms with Crippen LogP contribution in [0.1, 0.15) is 50.6 Å². The summed E-state index contributed by atoms with van der Waals surface area (Å²) in [5, 5.41) is 27.2.